The summed E-state index contributed by atoms with van der Waals surface area (Å²) in [6, 6.07) is 14.2. The molecule has 2 heterocycles. The maximum atomic E-state index is 9.84. The van der Waals surface area contributed by atoms with Crippen molar-refractivity contribution in [1.82, 2.24) is 15.3 Å². The van der Waals surface area contributed by atoms with Gasteiger partial charge in [-0.05, 0) is 60.3 Å². The van der Waals surface area contributed by atoms with Crippen molar-refractivity contribution in [3.05, 3.63) is 65.0 Å². The number of rotatable bonds is 3. The monoisotopic (exact) mass is 332 g/mol. The standard InChI is InChI=1S/C20H20N4O/c21-12-15-2-4-16-3-1-14(9-18(16)10-15)11-20-19(13-24(25)23-20)17-5-7-22-8-6-17/h1-4,9-10,13,17,22,25H,5-8,11H2. The molecular weight excluding hydrogens is 312 g/mol. The minimum Gasteiger partial charge on any atom is -0.412 e. The SMILES string of the molecule is N#Cc1ccc2ccc(Cc3nn(O)cc3C3CCNCC3)cc2c1. The van der Waals surface area contributed by atoms with E-state index >= 15 is 0 Å². The average molecular weight is 332 g/mol. The molecule has 2 aromatic carbocycles. The van der Waals surface area contributed by atoms with Crippen LogP contribution >= 0.6 is 0 Å². The first kappa shape index (κ1) is 15.7. The number of nitrogens with one attached hydrogen (secondary N) is 1. The molecule has 3 aromatic rings. The number of aromatic nitrogens is 2. The summed E-state index contributed by atoms with van der Waals surface area (Å²) in [6.45, 7) is 2.02. The summed E-state index contributed by atoms with van der Waals surface area (Å²) in [5.74, 6) is 0.447. The van der Waals surface area contributed by atoms with Crippen LogP contribution in [0.4, 0.5) is 0 Å². The van der Waals surface area contributed by atoms with Crippen LogP contribution in [0, 0.1) is 11.3 Å². The normalized spacial score (nSPS) is 15.3. The summed E-state index contributed by atoms with van der Waals surface area (Å²) in [5, 5.41) is 28.8. The van der Waals surface area contributed by atoms with Gasteiger partial charge in [-0.25, -0.2) is 0 Å². The fraction of sp³-hybridized carbons (Fsp3) is 0.300. The molecule has 0 unspecified atom stereocenters. The van der Waals surface area contributed by atoms with Gasteiger partial charge in [0.2, 0.25) is 0 Å². The predicted molar refractivity (Wildman–Crippen MR) is 95.7 cm³/mol. The highest BCUT2D eigenvalue weighted by Gasteiger charge is 2.21. The number of nitrogens with zero attached hydrogens (tertiary/aromatic N) is 3. The number of piperidine rings is 1. The lowest BCUT2D eigenvalue weighted by molar-refractivity contribution is 0.147. The Balaban J connectivity index is 1.66. The van der Waals surface area contributed by atoms with E-state index in [-0.39, 0.29) is 0 Å². The predicted octanol–water partition coefficient (Wildman–Crippen LogP) is 3.20. The maximum absolute atomic E-state index is 9.84. The van der Waals surface area contributed by atoms with E-state index in [1.807, 2.05) is 18.2 Å². The third kappa shape index (κ3) is 3.21. The number of hydrogen-bond acceptors (Lipinski definition) is 4. The highest BCUT2D eigenvalue weighted by atomic mass is 16.5. The summed E-state index contributed by atoms with van der Waals surface area (Å²) in [5.41, 5.74) is 3.89. The molecule has 126 valence electrons. The van der Waals surface area contributed by atoms with Gasteiger partial charge in [-0.2, -0.15) is 5.26 Å². The Hall–Kier alpha value is -2.84. The van der Waals surface area contributed by atoms with Crippen molar-refractivity contribution in [2.24, 2.45) is 0 Å². The Bertz CT molecular complexity index is 948. The summed E-state index contributed by atoms with van der Waals surface area (Å²) in [4.78, 5) is 0.946. The molecular formula is C20H20N4O. The first-order valence-electron chi connectivity index (χ1n) is 8.64. The van der Waals surface area contributed by atoms with Gasteiger partial charge in [-0.1, -0.05) is 24.3 Å². The Kier molecular flexibility index (Phi) is 4.12. The Morgan fingerprint density at radius 1 is 1.16 bits per heavy atom. The van der Waals surface area contributed by atoms with Gasteiger partial charge in [-0.3, -0.25) is 0 Å². The second-order valence-electron chi connectivity index (χ2n) is 6.66. The van der Waals surface area contributed by atoms with Crippen LogP contribution < -0.4 is 5.32 Å². The van der Waals surface area contributed by atoms with Crippen molar-refractivity contribution in [1.29, 1.82) is 5.26 Å². The molecule has 0 saturated carbocycles. The molecule has 5 heteroatoms. The Morgan fingerprint density at radius 3 is 2.76 bits per heavy atom. The Labute approximate surface area is 146 Å². The van der Waals surface area contributed by atoms with Gasteiger partial charge in [-0.15, -0.1) is 9.94 Å². The van der Waals surface area contributed by atoms with E-state index < -0.39 is 0 Å². The van der Waals surface area contributed by atoms with E-state index in [2.05, 4.69) is 34.7 Å². The van der Waals surface area contributed by atoms with Gasteiger partial charge >= 0.3 is 0 Å². The van der Waals surface area contributed by atoms with Crippen LogP contribution in [0.1, 0.15) is 41.1 Å². The topological polar surface area (TPSA) is 73.9 Å². The van der Waals surface area contributed by atoms with Gasteiger partial charge in [0, 0.05) is 12.0 Å². The molecule has 1 fully saturated rings. The number of hydrogen-bond donors (Lipinski definition) is 2. The van der Waals surface area contributed by atoms with Crippen LogP contribution in [0.3, 0.4) is 0 Å². The summed E-state index contributed by atoms with van der Waals surface area (Å²) in [6.07, 6.45) is 4.57. The molecule has 25 heavy (non-hydrogen) atoms. The second kappa shape index (κ2) is 6.58. The zero-order valence-electron chi connectivity index (χ0n) is 13.9. The van der Waals surface area contributed by atoms with Crippen LogP contribution in [0.25, 0.3) is 10.8 Å². The fourth-order valence-electron chi connectivity index (χ4n) is 3.69. The lowest BCUT2D eigenvalue weighted by Crippen LogP contribution is -2.26. The molecule has 5 nitrogen and oxygen atoms in total. The molecule has 1 aliphatic rings. The third-order valence-electron chi connectivity index (χ3n) is 5.00. The average Bonchev–Trinajstić information content (AvgIpc) is 3.02. The summed E-state index contributed by atoms with van der Waals surface area (Å²) in [7, 11) is 0. The lowest BCUT2D eigenvalue weighted by Gasteiger charge is -2.22. The van der Waals surface area contributed by atoms with Crippen molar-refractivity contribution < 1.29 is 5.21 Å². The second-order valence-corrected chi connectivity index (χ2v) is 6.66. The van der Waals surface area contributed by atoms with Crippen LogP contribution in [0.2, 0.25) is 0 Å². The van der Waals surface area contributed by atoms with E-state index in [0.29, 0.717) is 17.9 Å². The van der Waals surface area contributed by atoms with Gasteiger partial charge in [0.15, 0.2) is 0 Å². The molecule has 0 spiro atoms. The van der Waals surface area contributed by atoms with Crippen molar-refractivity contribution >= 4 is 10.8 Å². The quantitative estimate of drug-likeness (QED) is 0.722. The van der Waals surface area contributed by atoms with Gasteiger partial charge in [0.05, 0.1) is 23.5 Å². The number of fused-ring (bicyclic) bond motifs is 1. The minimum absolute atomic E-state index is 0.447. The number of benzene rings is 2. The highest BCUT2D eigenvalue weighted by molar-refractivity contribution is 5.84. The first-order chi connectivity index (χ1) is 12.2. The van der Waals surface area contributed by atoms with Crippen LogP contribution in [0.5, 0.6) is 0 Å². The van der Waals surface area contributed by atoms with Gasteiger partial charge in [0.1, 0.15) is 0 Å². The van der Waals surface area contributed by atoms with E-state index in [9.17, 15) is 5.21 Å². The lowest BCUT2D eigenvalue weighted by atomic mass is 9.89. The highest BCUT2D eigenvalue weighted by Crippen LogP contribution is 2.29. The zero-order valence-corrected chi connectivity index (χ0v) is 13.9. The molecule has 0 atom stereocenters. The van der Waals surface area contributed by atoms with Gasteiger partial charge < -0.3 is 10.5 Å². The fourth-order valence-corrected chi connectivity index (χ4v) is 3.69. The molecule has 0 bridgehead atoms. The smallest absolute Gasteiger partial charge is 0.0991 e. The van der Waals surface area contributed by atoms with E-state index in [1.165, 1.54) is 0 Å². The van der Waals surface area contributed by atoms with E-state index in [1.54, 1.807) is 6.20 Å². The first-order valence-corrected chi connectivity index (χ1v) is 8.64. The molecule has 1 saturated heterocycles. The molecule has 0 radical (unpaired) electrons. The van der Waals surface area contributed by atoms with E-state index in [0.717, 1.165) is 58.4 Å². The Morgan fingerprint density at radius 2 is 1.96 bits per heavy atom. The molecule has 0 aliphatic carbocycles. The van der Waals surface area contributed by atoms with Gasteiger partial charge in [0.25, 0.3) is 0 Å². The minimum atomic E-state index is 0.447. The zero-order chi connectivity index (χ0) is 17.2. The summed E-state index contributed by atoms with van der Waals surface area (Å²) < 4.78 is 0. The molecule has 2 N–H and O–H groups in total. The van der Waals surface area contributed by atoms with Crippen LogP contribution in [0.15, 0.2) is 42.6 Å². The summed E-state index contributed by atoms with van der Waals surface area (Å²) >= 11 is 0. The van der Waals surface area contributed by atoms with E-state index in [4.69, 9.17) is 5.26 Å². The maximum Gasteiger partial charge on any atom is 0.0991 e. The van der Waals surface area contributed by atoms with Crippen molar-refractivity contribution in [2.75, 3.05) is 13.1 Å². The van der Waals surface area contributed by atoms with Crippen LogP contribution in [-0.2, 0) is 6.42 Å². The molecule has 4 rings (SSSR count). The number of nitriles is 1. The molecule has 0 amide bonds. The van der Waals surface area contributed by atoms with Crippen LogP contribution in [-0.4, -0.2) is 28.2 Å². The molecule has 1 aliphatic heterocycles. The van der Waals surface area contributed by atoms with Crippen molar-refractivity contribution in [3.8, 4) is 6.07 Å². The third-order valence-corrected chi connectivity index (χ3v) is 5.00. The van der Waals surface area contributed by atoms with Crippen molar-refractivity contribution in [3.63, 3.8) is 0 Å². The molecule has 1 aromatic heterocycles. The van der Waals surface area contributed by atoms with Crippen molar-refractivity contribution in [2.45, 2.75) is 25.2 Å². The largest absolute Gasteiger partial charge is 0.412 e.